The van der Waals surface area contributed by atoms with Crippen molar-refractivity contribution < 1.29 is 19.5 Å². The van der Waals surface area contributed by atoms with Crippen molar-refractivity contribution in [2.75, 3.05) is 6.54 Å². The molecule has 0 aromatic heterocycles. The predicted molar refractivity (Wildman–Crippen MR) is 90.8 cm³/mol. The van der Waals surface area contributed by atoms with E-state index in [0.29, 0.717) is 5.56 Å². The fraction of sp³-hybridized carbons (Fsp3) is 0.278. The van der Waals surface area contributed by atoms with E-state index in [-0.39, 0.29) is 18.9 Å². The summed E-state index contributed by atoms with van der Waals surface area (Å²) in [6, 6.07) is 13.1. The maximum atomic E-state index is 12.1. The number of fused-ring (bicyclic) bond motifs is 1. The molecule has 2 amide bonds. The van der Waals surface area contributed by atoms with E-state index < -0.39 is 17.4 Å². The summed E-state index contributed by atoms with van der Waals surface area (Å²) in [7, 11) is 0. The van der Waals surface area contributed by atoms with Crippen molar-refractivity contribution in [2.24, 2.45) is 0 Å². The fourth-order valence-corrected chi connectivity index (χ4v) is 2.19. The molecule has 2 aromatic rings. The molecule has 0 fully saturated rings. The normalized spacial score (nSPS) is 11.1. The second-order valence-electron chi connectivity index (χ2n) is 6.05. The van der Waals surface area contributed by atoms with Crippen LogP contribution >= 0.6 is 0 Å². The topological polar surface area (TPSA) is 95.5 Å². The molecule has 0 radical (unpaired) electrons. The average Bonchev–Trinajstić information content (AvgIpc) is 2.53. The Balaban J connectivity index is 1.88. The number of carbonyl (C=O) groups excluding carboxylic acids is 2. The minimum Gasteiger partial charge on any atom is -0.480 e. The van der Waals surface area contributed by atoms with Gasteiger partial charge in [-0.25, -0.2) is 4.79 Å². The van der Waals surface area contributed by atoms with E-state index in [1.807, 2.05) is 30.3 Å². The minimum absolute atomic E-state index is 0.00995. The van der Waals surface area contributed by atoms with Crippen LogP contribution in [-0.2, 0) is 9.59 Å². The molecule has 0 aliphatic carbocycles. The number of hydrogen-bond donors (Lipinski definition) is 3. The average molecular weight is 328 g/mol. The third-order valence-electron chi connectivity index (χ3n) is 3.64. The summed E-state index contributed by atoms with van der Waals surface area (Å²) in [5.41, 5.74) is -0.820. The Labute approximate surface area is 139 Å². The lowest BCUT2D eigenvalue weighted by Gasteiger charge is -2.20. The van der Waals surface area contributed by atoms with Crippen molar-refractivity contribution >= 4 is 28.6 Å². The quantitative estimate of drug-likeness (QED) is 0.755. The first kappa shape index (κ1) is 17.5. The highest BCUT2D eigenvalue weighted by Gasteiger charge is 2.28. The molecule has 0 saturated carbocycles. The van der Waals surface area contributed by atoms with Gasteiger partial charge in [0.05, 0.1) is 0 Å². The lowest BCUT2D eigenvalue weighted by molar-refractivity contribution is -0.146. The first-order valence-electron chi connectivity index (χ1n) is 7.61. The standard InChI is InChI=1S/C18H20N2O4/c1-18(2,17(23)24)20-15(21)9-10-19-16(22)14-8-7-12-5-3-4-6-13(12)11-14/h3-8,11H,9-10H2,1-2H3,(H,19,22)(H,20,21)(H,23,24). The van der Waals surface area contributed by atoms with Gasteiger partial charge in [0, 0.05) is 18.5 Å². The van der Waals surface area contributed by atoms with Gasteiger partial charge < -0.3 is 15.7 Å². The second-order valence-corrected chi connectivity index (χ2v) is 6.05. The van der Waals surface area contributed by atoms with Crippen LogP contribution in [-0.4, -0.2) is 35.0 Å². The van der Waals surface area contributed by atoms with Gasteiger partial charge in [-0.05, 0) is 36.8 Å². The van der Waals surface area contributed by atoms with Crippen LogP contribution in [0.3, 0.4) is 0 Å². The fourth-order valence-electron chi connectivity index (χ4n) is 2.19. The van der Waals surface area contributed by atoms with Gasteiger partial charge in [0.1, 0.15) is 5.54 Å². The van der Waals surface area contributed by atoms with Gasteiger partial charge in [0.2, 0.25) is 5.91 Å². The van der Waals surface area contributed by atoms with Gasteiger partial charge in [-0.1, -0.05) is 30.3 Å². The van der Waals surface area contributed by atoms with Gasteiger partial charge in [-0.3, -0.25) is 9.59 Å². The van der Waals surface area contributed by atoms with Gasteiger partial charge in [0.15, 0.2) is 0 Å². The molecule has 6 nitrogen and oxygen atoms in total. The van der Waals surface area contributed by atoms with Crippen LogP contribution in [0.25, 0.3) is 10.8 Å². The second kappa shape index (κ2) is 7.12. The molecule has 6 heteroatoms. The maximum Gasteiger partial charge on any atom is 0.328 e. The summed E-state index contributed by atoms with van der Waals surface area (Å²) in [6.07, 6.45) is 0.00995. The molecular weight excluding hydrogens is 308 g/mol. The van der Waals surface area contributed by atoms with Gasteiger partial charge in [0.25, 0.3) is 5.91 Å². The molecule has 2 aromatic carbocycles. The van der Waals surface area contributed by atoms with Crippen molar-refractivity contribution in [1.82, 2.24) is 10.6 Å². The van der Waals surface area contributed by atoms with E-state index in [4.69, 9.17) is 5.11 Å². The first-order chi connectivity index (χ1) is 11.3. The van der Waals surface area contributed by atoms with Crippen molar-refractivity contribution in [3.63, 3.8) is 0 Å². The highest BCUT2D eigenvalue weighted by Crippen LogP contribution is 2.15. The van der Waals surface area contributed by atoms with E-state index in [2.05, 4.69) is 10.6 Å². The molecule has 0 aliphatic heterocycles. The molecule has 0 aliphatic rings. The molecule has 0 unspecified atom stereocenters. The molecule has 0 spiro atoms. The molecule has 3 N–H and O–H groups in total. The summed E-state index contributed by atoms with van der Waals surface area (Å²) in [4.78, 5) is 34.8. The Morgan fingerprint density at radius 1 is 1.04 bits per heavy atom. The summed E-state index contributed by atoms with van der Waals surface area (Å²) in [5, 5.41) is 16.0. The van der Waals surface area contributed by atoms with Crippen LogP contribution in [0.4, 0.5) is 0 Å². The monoisotopic (exact) mass is 328 g/mol. The van der Waals surface area contributed by atoms with Crippen LogP contribution in [0, 0.1) is 0 Å². The summed E-state index contributed by atoms with van der Waals surface area (Å²) in [5.74, 6) is -1.82. The smallest absolute Gasteiger partial charge is 0.328 e. The van der Waals surface area contributed by atoms with Crippen molar-refractivity contribution in [3.8, 4) is 0 Å². The van der Waals surface area contributed by atoms with Crippen LogP contribution in [0.15, 0.2) is 42.5 Å². The number of nitrogens with one attached hydrogen (secondary N) is 2. The molecular formula is C18H20N2O4. The molecule has 0 atom stereocenters. The predicted octanol–water partition coefficient (Wildman–Crippen LogP) is 1.94. The molecule has 2 rings (SSSR count). The van der Waals surface area contributed by atoms with Crippen molar-refractivity contribution in [3.05, 3.63) is 48.0 Å². The largest absolute Gasteiger partial charge is 0.480 e. The lowest BCUT2D eigenvalue weighted by atomic mass is 10.1. The lowest BCUT2D eigenvalue weighted by Crippen LogP contribution is -2.50. The molecule has 0 heterocycles. The zero-order valence-electron chi connectivity index (χ0n) is 13.6. The Morgan fingerprint density at radius 3 is 2.38 bits per heavy atom. The number of carboxylic acids is 1. The Kier molecular flexibility index (Phi) is 5.18. The number of carbonyl (C=O) groups is 3. The van der Waals surface area contributed by atoms with Gasteiger partial charge in [-0.2, -0.15) is 0 Å². The molecule has 0 bridgehead atoms. The minimum atomic E-state index is -1.33. The summed E-state index contributed by atoms with van der Waals surface area (Å²) < 4.78 is 0. The number of aliphatic carboxylic acids is 1. The SMILES string of the molecule is CC(C)(NC(=O)CCNC(=O)c1ccc2ccccc2c1)C(=O)O. The van der Waals surface area contributed by atoms with Crippen molar-refractivity contribution in [1.29, 1.82) is 0 Å². The highest BCUT2D eigenvalue weighted by molar-refractivity contribution is 5.98. The maximum absolute atomic E-state index is 12.1. The number of amides is 2. The zero-order chi connectivity index (χ0) is 17.7. The first-order valence-corrected chi connectivity index (χ1v) is 7.61. The van der Waals surface area contributed by atoms with Gasteiger partial charge in [-0.15, -0.1) is 0 Å². The van der Waals surface area contributed by atoms with Crippen LogP contribution < -0.4 is 10.6 Å². The third-order valence-corrected chi connectivity index (χ3v) is 3.64. The Morgan fingerprint density at radius 2 is 1.71 bits per heavy atom. The Hall–Kier alpha value is -2.89. The zero-order valence-corrected chi connectivity index (χ0v) is 13.6. The molecule has 0 saturated heterocycles. The highest BCUT2D eigenvalue weighted by atomic mass is 16.4. The van der Waals surface area contributed by atoms with Gasteiger partial charge >= 0.3 is 5.97 Å². The Bertz CT molecular complexity index is 783. The van der Waals surface area contributed by atoms with Crippen LogP contribution in [0.2, 0.25) is 0 Å². The van der Waals surface area contributed by atoms with E-state index in [1.54, 1.807) is 12.1 Å². The molecule has 126 valence electrons. The number of benzene rings is 2. The van der Waals surface area contributed by atoms with E-state index >= 15 is 0 Å². The summed E-state index contributed by atoms with van der Waals surface area (Å²) >= 11 is 0. The summed E-state index contributed by atoms with van der Waals surface area (Å²) in [6.45, 7) is 2.94. The van der Waals surface area contributed by atoms with E-state index in [9.17, 15) is 14.4 Å². The molecule has 24 heavy (non-hydrogen) atoms. The van der Waals surface area contributed by atoms with Crippen LogP contribution in [0.1, 0.15) is 30.6 Å². The number of carboxylic acid groups (broad SMARTS) is 1. The van der Waals surface area contributed by atoms with Crippen LogP contribution in [0.5, 0.6) is 0 Å². The third kappa shape index (κ3) is 4.32. The number of rotatable bonds is 6. The number of hydrogen-bond acceptors (Lipinski definition) is 3. The van der Waals surface area contributed by atoms with Crippen molar-refractivity contribution in [2.45, 2.75) is 25.8 Å². The van der Waals surface area contributed by atoms with E-state index in [1.165, 1.54) is 13.8 Å². The van der Waals surface area contributed by atoms with E-state index in [0.717, 1.165) is 10.8 Å².